The standard InChI is InChI=1S/C19H21N3O3S/c1-4-17-20-18(25-21-17)11-22(3)19(23)16-10-7-14(24-16)12-26-15-8-5-13(2)6-9-15/h5-10H,4,11-12H2,1-3H3. The number of thioether (sulfide) groups is 1. The highest BCUT2D eigenvalue weighted by atomic mass is 32.2. The zero-order chi connectivity index (χ0) is 18.5. The Bertz CT molecular complexity index is 870. The van der Waals surface area contributed by atoms with Gasteiger partial charge in [0.2, 0.25) is 5.89 Å². The van der Waals surface area contributed by atoms with Crippen LogP contribution >= 0.6 is 11.8 Å². The lowest BCUT2D eigenvalue weighted by Crippen LogP contribution is -2.26. The fourth-order valence-electron chi connectivity index (χ4n) is 2.32. The third-order valence-corrected chi connectivity index (χ3v) is 4.85. The highest BCUT2D eigenvalue weighted by molar-refractivity contribution is 7.98. The van der Waals surface area contributed by atoms with Gasteiger partial charge in [-0.25, -0.2) is 0 Å². The molecule has 0 radical (unpaired) electrons. The summed E-state index contributed by atoms with van der Waals surface area (Å²) >= 11 is 1.67. The van der Waals surface area contributed by atoms with Crippen molar-refractivity contribution in [1.82, 2.24) is 15.0 Å². The molecule has 0 bridgehead atoms. The van der Waals surface area contributed by atoms with Crippen molar-refractivity contribution >= 4 is 17.7 Å². The van der Waals surface area contributed by atoms with Gasteiger partial charge in [-0.2, -0.15) is 4.98 Å². The second kappa shape index (κ2) is 8.23. The SMILES string of the molecule is CCc1noc(CN(C)C(=O)c2ccc(CSc3ccc(C)cc3)o2)n1. The summed E-state index contributed by atoms with van der Waals surface area (Å²) in [5, 5.41) is 3.83. The van der Waals surface area contributed by atoms with Crippen molar-refractivity contribution in [2.24, 2.45) is 0 Å². The molecule has 6 nitrogen and oxygen atoms in total. The minimum Gasteiger partial charge on any atom is -0.455 e. The molecule has 0 unspecified atom stereocenters. The van der Waals surface area contributed by atoms with E-state index in [1.54, 1.807) is 24.9 Å². The smallest absolute Gasteiger partial charge is 0.289 e. The molecule has 3 aromatic rings. The zero-order valence-electron chi connectivity index (χ0n) is 15.1. The van der Waals surface area contributed by atoms with Crippen LogP contribution in [0.4, 0.5) is 0 Å². The van der Waals surface area contributed by atoms with Crippen LogP contribution in [0.25, 0.3) is 0 Å². The van der Waals surface area contributed by atoms with Gasteiger partial charge in [0, 0.05) is 18.4 Å². The second-order valence-electron chi connectivity index (χ2n) is 5.99. The van der Waals surface area contributed by atoms with Crippen molar-refractivity contribution in [2.75, 3.05) is 7.05 Å². The largest absolute Gasteiger partial charge is 0.455 e. The summed E-state index contributed by atoms with van der Waals surface area (Å²) in [4.78, 5) is 19.4. The summed E-state index contributed by atoms with van der Waals surface area (Å²) in [5.74, 6) is 2.57. The Hall–Kier alpha value is -2.54. The average molecular weight is 371 g/mol. The average Bonchev–Trinajstić information content (AvgIpc) is 3.30. The Morgan fingerprint density at radius 3 is 2.65 bits per heavy atom. The molecule has 2 heterocycles. The van der Waals surface area contributed by atoms with Crippen LogP contribution in [-0.4, -0.2) is 28.0 Å². The number of hydrogen-bond donors (Lipinski definition) is 0. The first kappa shape index (κ1) is 18.3. The minimum atomic E-state index is -0.215. The molecule has 0 saturated carbocycles. The minimum absolute atomic E-state index is 0.215. The van der Waals surface area contributed by atoms with Gasteiger partial charge in [0.25, 0.3) is 5.91 Å². The van der Waals surface area contributed by atoms with E-state index in [0.717, 1.165) is 5.76 Å². The topological polar surface area (TPSA) is 72.4 Å². The van der Waals surface area contributed by atoms with E-state index in [1.165, 1.54) is 15.4 Å². The number of hydrogen-bond acceptors (Lipinski definition) is 6. The first-order valence-electron chi connectivity index (χ1n) is 8.40. The van der Waals surface area contributed by atoms with Crippen molar-refractivity contribution in [2.45, 2.75) is 37.5 Å². The van der Waals surface area contributed by atoms with Crippen LogP contribution in [0.5, 0.6) is 0 Å². The number of aryl methyl sites for hydroxylation is 2. The first-order valence-corrected chi connectivity index (χ1v) is 9.39. The van der Waals surface area contributed by atoms with Gasteiger partial charge in [-0.1, -0.05) is 29.8 Å². The molecule has 0 aliphatic carbocycles. The molecule has 3 rings (SSSR count). The van der Waals surface area contributed by atoms with Crippen LogP contribution in [0.1, 0.15) is 40.5 Å². The van der Waals surface area contributed by atoms with Crippen LogP contribution in [0, 0.1) is 6.92 Å². The quantitative estimate of drug-likeness (QED) is 0.582. The third-order valence-electron chi connectivity index (χ3n) is 3.82. The maximum absolute atomic E-state index is 12.5. The van der Waals surface area contributed by atoms with Crippen LogP contribution < -0.4 is 0 Å². The molecule has 26 heavy (non-hydrogen) atoms. The molecule has 0 aliphatic heterocycles. The van der Waals surface area contributed by atoms with E-state index in [0.29, 0.717) is 29.6 Å². The summed E-state index contributed by atoms with van der Waals surface area (Å²) < 4.78 is 10.8. The van der Waals surface area contributed by atoms with Crippen LogP contribution in [0.3, 0.4) is 0 Å². The number of nitrogens with zero attached hydrogens (tertiary/aromatic N) is 3. The summed E-state index contributed by atoms with van der Waals surface area (Å²) in [6.07, 6.45) is 0.696. The predicted molar refractivity (Wildman–Crippen MR) is 98.9 cm³/mol. The molecule has 0 saturated heterocycles. The molecular formula is C19H21N3O3S. The van der Waals surface area contributed by atoms with Crippen LogP contribution in [0.15, 0.2) is 50.2 Å². The molecule has 7 heteroatoms. The Labute approximate surface area is 156 Å². The van der Waals surface area contributed by atoms with Gasteiger partial charge in [0.1, 0.15) is 12.3 Å². The van der Waals surface area contributed by atoms with E-state index in [2.05, 4.69) is 41.3 Å². The lowest BCUT2D eigenvalue weighted by Gasteiger charge is -2.12. The van der Waals surface area contributed by atoms with Crippen molar-refractivity contribution in [3.05, 3.63) is 65.2 Å². The fraction of sp³-hybridized carbons (Fsp3) is 0.316. The number of aromatic nitrogens is 2. The van der Waals surface area contributed by atoms with Gasteiger partial charge in [-0.3, -0.25) is 4.79 Å². The number of furan rings is 1. The van der Waals surface area contributed by atoms with E-state index in [-0.39, 0.29) is 12.5 Å². The first-order chi connectivity index (χ1) is 12.5. The summed E-state index contributed by atoms with van der Waals surface area (Å²) in [5.41, 5.74) is 1.23. The lowest BCUT2D eigenvalue weighted by atomic mass is 10.2. The summed E-state index contributed by atoms with van der Waals surface area (Å²) in [6.45, 7) is 4.26. The molecule has 0 N–H and O–H groups in total. The van der Waals surface area contributed by atoms with Gasteiger partial charge < -0.3 is 13.8 Å². The van der Waals surface area contributed by atoms with E-state index >= 15 is 0 Å². The van der Waals surface area contributed by atoms with E-state index < -0.39 is 0 Å². The number of amides is 1. The predicted octanol–water partition coefficient (Wildman–Crippen LogP) is 4.10. The lowest BCUT2D eigenvalue weighted by molar-refractivity contribution is 0.0736. The van der Waals surface area contributed by atoms with Gasteiger partial charge in [0.15, 0.2) is 11.6 Å². The molecular weight excluding hydrogens is 350 g/mol. The highest BCUT2D eigenvalue weighted by Crippen LogP contribution is 2.24. The van der Waals surface area contributed by atoms with Gasteiger partial charge in [-0.05, 0) is 31.2 Å². The molecule has 0 spiro atoms. The van der Waals surface area contributed by atoms with Crippen LogP contribution in [0.2, 0.25) is 0 Å². The van der Waals surface area contributed by atoms with E-state index in [9.17, 15) is 4.79 Å². The number of rotatable bonds is 7. The number of benzene rings is 1. The summed E-state index contributed by atoms with van der Waals surface area (Å²) in [7, 11) is 1.68. The number of carbonyl (C=O) groups excluding carboxylic acids is 1. The van der Waals surface area contributed by atoms with Gasteiger partial charge in [0.05, 0.1) is 5.75 Å². The fourth-order valence-corrected chi connectivity index (χ4v) is 3.11. The molecule has 2 aromatic heterocycles. The van der Waals surface area contributed by atoms with E-state index in [4.69, 9.17) is 8.94 Å². The normalized spacial score (nSPS) is 10.9. The van der Waals surface area contributed by atoms with Crippen LogP contribution in [-0.2, 0) is 18.7 Å². The number of carbonyl (C=O) groups is 1. The van der Waals surface area contributed by atoms with E-state index in [1.807, 2.05) is 13.0 Å². The van der Waals surface area contributed by atoms with Crippen molar-refractivity contribution in [1.29, 1.82) is 0 Å². The maximum Gasteiger partial charge on any atom is 0.289 e. The van der Waals surface area contributed by atoms with Crippen molar-refractivity contribution < 1.29 is 13.7 Å². The monoisotopic (exact) mass is 371 g/mol. The van der Waals surface area contributed by atoms with Crippen molar-refractivity contribution in [3.8, 4) is 0 Å². The molecule has 0 fully saturated rings. The van der Waals surface area contributed by atoms with Gasteiger partial charge >= 0.3 is 0 Å². The zero-order valence-corrected chi connectivity index (χ0v) is 15.9. The molecule has 1 aromatic carbocycles. The third kappa shape index (κ3) is 4.54. The molecule has 1 amide bonds. The van der Waals surface area contributed by atoms with Gasteiger partial charge in [-0.15, -0.1) is 11.8 Å². The Morgan fingerprint density at radius 1 is 1.19 bits per heavy atom. The summed E-state index contributed by atoms with van der Waals surface area (Å²) in [6, 6.07) is 11.9. The second-order valence-corrected chi connectivity index (χ2v) is 7.04. The highest BCUT2D eigenvalue weighted by Gasteiger charge is 2.18. The Balaban J connectivity index is 1.57. The maximum atomic E-state index is 12.5. The molecule has 0 aliphatic rings. The molecule has 0 atom stereocenters. The van der Waals surface area contributed by atoms with Crippen molar-refractivity contribution in [3.63, 3.8) is 0 Å². The molecule has 136 valence electrons. The Kier molecular flexibility index (Phi) is 5.78. The Morgan fingerprint density at radius 2 is 1.96 bits per heavy atom.